The SMILES string of the molecule is Cc1ccc(NC(=O)C2CSCN2C(=O)C2CC2C(=O)O)c(C)c1. The van der Waals surface area contributed by atoms with Crippen molar-refractivity contribution in [3.05, 3.63) is 29.3 Å². The molecule has 1 saturated carbocycles. The number of hydrogen-bond donors (Lipinski definition) is 2. The van der Waals surface area contributed by atoms with Crippen LogP contribution in [0.3, 0.4) is 0 Å². The minimum Gasteiger partial charge on any atom is -0.481 e. The Morgan fingerprint density at radius 2 is 2.00 bits per heavy atom. The molecule has 2 N–H and O–H groups in total. The molecule has 3 rings (SSSR count). The van der Waals surface area contributed by atoms with Gasteiger partial charge in [-0.05, 0) is 31.9 Å². The zero-order chi connectivity index (χ0) is 17.4. The van der Waals surface area contributed by atoms with E-state index in [9.17, 15) is 14.4 Å². The van der Waals surface area contributed by atoms with Crippen molar-refractivity contribution in [1.29, 1.82) is 0 Å². The van der Waals surface area contributed by atoms with E-state index in [2.05, 4.69) is 5.32 Å². The van der Waals surface area contributed by atoms with Crippen LogP contribution in [0, 0.1) is 25.7 Å². The average molecular weight is 348 g/mol. The van der Waals surface area contributed by atoms with Gasteiger partial charge in [0.05, 0.1) is 17.7 Å². The molecule has 2 fully saturated rings. The van der Waals surface area contributed by atoms with Crippen LogP contribution >= 0.6 is 11.8 Å². The molecule has 0 aromatic heterocycles. The number of carbonyl (C=O) groups is 3. The van der Waals surface area contributed by atoms with Crippen molar-refractivity contribution in [2.24, 2.45) is 11.8 Å². The summed E-state index contributed by atoms with van der Waals surface area (Å²) in [5.41, 5.74) is 2.83. The van der Waals surface area contributed by atoms with Crippen LogP contribution in [0.4, 0.5) is 5.69 Å². The van der Waals surface area contributed by atoms with Crippen LogP contribution in [0.5, 0.6) is 0 Å². The first-order valence-electron chi connectivity index (χ1n) is 7.87. The van der Waals surface area contributed by atoms with Crippen molar-refractivity contribution in [3.63, 3.8) is 0 Å². The van der Waals surface area contributed by atoms with Crippen LogP contribution in [0.1, 0.15) is 17.5 Å². The number of thioether (sulfide) groups is 1. The number of benzene rings is 1. The van der Waals surface area contributed by atoms with Gasteiger partial charge < -0.3 is 15.3 Å². The van der Waals surface area contributed by atoms with E-state index in [-0.39, 0.29) is 11.8 Å². The first-order valence-corrected chi connectivity index (χ1v) is 9.03. The molecule has 2 amide bonds. The highest BCUT2D eigenvalue weighted by atomic mass is 32.2. The molecule has 6 nitrogen and oxygen atoms in total. The Morgan fingerprint density at radius 1 is 1.25 bits per heavy atom. The molecule has 1 heterocycles. The molecule has 3 unspecified atom stereocenters. The van der Waals surface area contributed by atoms with Crippen LogP contribution in [0.25, 0.3) is 0 Å². The Morgan fingerprint density at radius 3 is 2.62 bits per heavy atom. The number of anilines is 1. The molecule has 0 spiro atoms. The van der Waals surface area contributed by atoms with Gasteiger partial charge >= 0.3 is 5.97 Å². The largest absolute Gasteiger partial charge is 0.481 e. The van der Waals surface area contributed by atoms with E-state index in [4.69, 9.17) is 5.11 Å². The maximum absolute atomic E-state index is 12.6. The first kappa shape index (κ1) is 16.8. The number of carboxylic acids is 1. The van der Waals surface area contributed by atoms with E-state index in [0.29, 0.717) is 18.1 Å². The fourth-order valence-corrected chi connectivity index (χ4v) is 4.16. The molecule has 0 bridgehead atoms. The highest BCUT2D eigenvalue weighted by Crippen LogP contribution is 2.41. The fraction of sp³-hybridized carbons (Fsp3) is 0.471. The molecular formula is C17H20N2O4S. The third-order valence-electron chi connectivity index (χ3n) is 4.53. The highest BCUT2D eigenvalue weighted by Gasteiger charge is 2.52. The monoisotopic (exact) mass is 348 g/mol. The molecule has 7 heteroatoms. The van der Waals surface area contributed by atoms with Crippen molar-refractivity contribution in [2.75, 3.05) is 16.9 Å². The number of aryl methyl sites for hydroxylation is 2. The maximum Gasteiger partial charge on any atom is 0.307 e. The molecule has 1 aromatic rings. The van der Waals surface area contributed by atoms with E-state index >= 15 is 0 Å². The molecule has 3 atom stereocenters. The third-order valence-corrected chi connectivity index (χ3v) is 5.54. The summed E-state index contributed by atoms with van der Waals surface area (Å²) in [5, 5.41) is 11.9. The van der Waals surface area contributed by atoms with Crippen LogP contribution < -0.4 is 5.32 Å². The first-order chi connectivity index (χ1) is 11.4. The summed E-state index contributed by atoms with van der Waals surface area (Å²) < 4.78 is 0. The van der Waals surface area contributed by atoms with Gasteiger partial charge in [-0.15, -0.1) is 11.8 Å². The Balaban J connectivity index is 1.67. The van der Waals surface area contributed by atoms with Gasteiger partial charge in [0.2, 0.25) is 11.8 Å². The number of nitrogens with zero attached hydrogens (tertiary/aromatic N) is 1. The van der Waals surface area contributed by atoms with Gasteiger partial charge in [0, 0.05) is 11.4 Å². The van der Waals surface area contributed by atoms with Crippen molar-refractivity contribution in [1.82, 2.24) is 4.90 Å². The molecular weight excluding hydrogens is 328 g/mol. The Kier molecular flexibility index (Phi) is 4.54. The van der Waals surface area contributed by atoms with E-state index in [0.717, 1.165) is 16.8 Å². The summed E-state index contributed by atoms with van der Waals surface area (Å²) in [5.74, 6) is -1.46. The Hall–Kier alpha value is -2.02. The zero-order valence-corrected chi connectivity index (χ0v) is 14.4. The summed E-state index contributed by atoms with van der Waals surface area (Å²) >= 11 is 1.52. The molecule has 128 valence electrons. The van der Waals surface area contributed by atoms with Gasteiger partial charge in [0.25, 0.3) is 0 Å². The van der Waals surface area contributed by atoms with Gasteiger partial charge in [-0.25, -0.2) is 0 Å². The second kappa shape index (κ2) is 6.47. The zero-order valence-electron chi connectivity index (χ0n) is 13.6. The lowest BCUT2D eigenvalue weighted by Crippen LogP contribution is -2.45. The minimum absolute atomic E-state index is 0.215. The Bertz CT molecular complexity index is 706. The van der Waals surface area contributed by atoms with Crippen LogP contribution in [0.2, 0.25) is 0 Å². The lowest BCUT2D eigenvalue weighted by Gasteiger charge is -2.23. The number of amides is 2. The van der Waals surface area contributed by atoms with Crippen molar-refractivity contribution in [3.8, 4) is 0 Å². The summed E-state index contributed by atoms with van der Waals surface area (Å²) in [6.45, 7) is 3.91. The fourth-order valence-electron chi connectivity index (χ4n) is 3.00. The van der Waals surface area contributed by atoms with Crippen molar-refractivity contribution >= 4 is 35.2 Å². The second-order valence-corrected chi connectivity index (χ2v) is 7.42. The molecule has 1 saturated heterocycles. The van der Waals surface area contributed by atoms with Gasteiger partial charge in [0.15, 0.2) is 0 Å². The molecule has 0 radical (unpaired) electrons. The summed E-state index contributed by atoms with van der Waals surface area (Å²) in [7, 11) is 0. The lowest BCUT2D eigenvalue weighted by atomic mass is 10.1. The number of aliphatic carboxylic acids is 1. The predicted molar refractivity (Wildman–Crippen MR) is 91.7 cm³/mol. The topological polar surface area (TPSA) is 86.7 Å². The number of carboxylic acid groups (broad SMARTS) is 1. The van der Waals surface area contributed by atoms with Crippen molar-refractivity contribution in [2.45, 2.75) is 26.3 Å². The van der Waals surface area contributed by atoms with Gasteiger partial charge in [-0.2, -0.15) is 0 Å². The lowest BCUT2D eigenvalue weighted by molar-refractivity contribution is -0.142. The number of carbonyl (C=O) groups excluding carboxylic acids is 2. The summed E-state index contributed by atoms with van der Waals surface area (Å²) in [4.78, 5) is 37.5. The van der Waals surface area contributed by atoms with E-state index in [1.165, 1.54) is 16.7 Å². The smallest absolute Gasteiger partial charge is 0.307 e. The minimum atomic E-state index is -0.934. The molecule has 24 heavy (non-hydrogen) atoms. The normalized spacial score (nSPS) is 25.4. The van der Waals surface area contributed by atoms with E-state index < -0.39 is 23.8 Å². The van der Waals surface area contributed by atoms with Crippen LogP contribution in [-0.4, -0.2) is 45.5 Å². The molecule has 1 aliphatic carbocycles. The second-order valence-electron chi connectivity index (χ2n) is 6.42. The quantitative estimate of drug-likeness (QED) is 0.867. The highest BCUT2D eigenvalue weighted by molar-refractivity contribution is 7.99. The average Bonchev–Trinajstić information content (AvgIpc) is 3.18. The number of nitrogens with one attached hydrogen (secondary N) is 1. The van der Waals surface area contributed by atoms with Crippen LogP contribution in [-0.2, 0) is 14.4 Å². The molecule has 1 aliphatic heterocycles. The number of rotatable bonds is 4. The number of hydrogen-bond acceptors (Lipinski definition) is 4. The van der Waals surface area contributed by atoms with Crippen LogP contribution in [0.15, 0.2) is 18.2 Å². The molecule has 1 aromatic carbocycles. The Labute approximate surface area is 144 Å². The maximum atomic E-state index is 12.6. The van der Waals surface area contributed by atoms with E-state index in [1.807, 2.05) is 32.0 Å². The van der Waals surface area contributed by atoms with E-state index in [1.54, 1.807) is 0 Å². The third kappa shape index (κ3) is 3.26. The van der Waals surface area contributed by atoms with Gasteiger partial charge in [0.1, 0.15) is 6.04 Å². The van der Waals surface area contributed by atoms with Crippen molar-refractivity contribution < 1.29 is 19.5 Å². The predicted octanol–water partition coefficient (Wildman–Crippen LogP) is 1.86. The summed E-state index contributed by atoms with van der Waals surface area (Å²) in [6.07, 6.45) is 0.376. The standard InChI is InChI=1S/C17H20N2O4S/c1-9-3-4-13(10(2)5-9)18-15(20)14-7-24-8-19(14)16(21)11-6-12(11)17(22)23/h3-5,11-12,14H,6-8H2,1-2H3,(H,18,20)(H,22,23). The summed E-state index contributed by atoms with van der Waals surface area (Å²) in [6, 6.07) is 5.23. The van der Waals surface area contributed by atoms with Gasteiger partial charge in [-0.3, -0.25) is 14.4 Å². The van der Waals surface area contributed by atoms with Gasteiger partial charge in [-0.1, -0.05) is 17.7 Å². The molecule has 2 aliphatic rings.